The molecular formula is C29H26N6O2. The first-order chi connectivity index (χ1) is 18.1. The molecule has 5 rings (SSSR count). The van der Waals surface area contributed by atoms with Gasteiger partial charge in [-0.15, -0.1) is 0 Å². The number of nitrogens with one attached hydrogen (secondary N) is 3. The first-order valence-electron chi connectivity index (χ1n) is 11.9. The summed E-state index contributed by atoms with van der Waals surface area (Å²) >= 11 is 0. The van der Waals surface area contributed by atoms with Crippen molar-refractivity contribution in [3.8, 4) is 11.4 Å². The van der Waals surface area contributed by atoms with Gasteiger partial charge in [0.15, 0.2) is 0 Å². The van der Waals surface area contributed by atoms with Gasteiger partial charge in [0, 0.05) is 41.1 Å². The van der Waals surface area contributed by atoms with Crippen molar-refractivity contribution < 1.29 is 9.59 Å². The van der Waals surface area contributed by atoms with E-state index in [0.29, 0.717) is 18.1 Å². The summed E-state index contributed by atoms with van der Waals surface area (Å²) in [5, 5.41) is 6.68. The van der Waals surface area contributed by atoms with E-state index in [-0.39, 0.29) is 5.91 Å². The topological polar surface area (TPSA) is 103 Å². The lowest BCUT2D eigenvalue weighted by Crippen LogP contribution is -2.43. The van der Waals surface area contributed by atoms with Crippen LogP contribution in [0.2, 0.25) is 0 Å². The number of hydrogen-bond acceptors (Lipinski definition) is 6. The largest absolute Gasteiger partial charge is 0.357 e. The summed E-state index contributed by atoms with van der Waals surface area (Å²) in [5.74, 6) is 0.207. The van der Waals surface area contributed by atoms with Crippen LogP contribution < -0.4 is 15.5 Å². The Balaban J connectivity index is 1.36. The smallest absolute Gasteiger partial charge is 0.251 e. The van der Waals surface area contributed by atoms with Crippen LogP contribution in [-0.4, -0.2) is 46.8 Å². The Morgan fingerprint density at radius 2 is 1.68 bits per heavy atom. The Bertz CT molecular complexity index is 1480. The van der Waals surface area contributed by atoms with Crippen molar-refractivity contribution in [3.05, 3.63) is 103 Å². The lowest BCUT2D eigenvalue weighted by Gasteiger charge is -2.28. The van der Waals surface area contributed by atoms with Crippen molar-refractivity contribution in [2.45, 2.75) is 6.04 Å². The molecule has 0 unspecified atom stereocenters. The van der Waals surface area contributed by atoms with Crippen LogP contribution in [0.5, 0.6) is 0 Å². The monoisotopic (exact) mass is 490 g/mol. The van der Waals surface area contributed by atoms with E-state index in [1.54, 1.807) is 25.4 Å². The van der Waals surface area contributed by atoms with Crippen LogP contribution in [0.15, 0.2) is 97.2 Å². The third kappa shape index (κ3) is 5.33. The Morgan fingerprint density at radius 1 is 0.973 bits per heavy atom. The quantitative estimate of drug-likeness (QED) is 0.257. The van der Waals surface area contributed by atoms with Gasteiger partial charge in [-0.2, -0.15) is 0 Å². The zero-order valence-corrected chi connectivity index (χ0v) is 20.3. The van der Waals surface area contributed by atoms with Gasteiger partial charge in [0.1, 0.15) is 12.3 Å². The third-order valence-electron chi connectivity index (χ3n) is 6.03. The fraction of sp³-hybridized carbons (Fsp3) is 0.103. The Hall–Kier alpha value is -4.98. The maximum atomic E-state index is 13.1. The second-order valence-corrected chi connectivity index (χ2v) is 8.50. The summed E-state index contributed by atoms with van der Waals surface area (Å²) in [6, 6.07) is 28.0. The molecule has 2 heterocycles. The van der Waals surface area contributed by atoms with E-state index < -0.39 is 6.04 Å². The van der Waals surface area contributed by atoms with Crippen molar-refractivity contribution in [3.63, 3.8) is 0 Å². The molecule has 1 amide bonds. The van der Waals surface area contributed by atoms with E-state index >= 15 is 0 Å². The number of carbonyl (C=O) groups is 2. The zero-order chi connectivity index (χ0) is 25.6. The molecule has 1 atom stereocenters. The second kappa shape index (κ2) is 10.7. The molecule has 0 saturated carbocycles. The standard InChI is InChI=1S/C29H26N6O2/c1-30-29-31-15-14-26(34-29)27-17-21-16-20(12-13-25(21)33-27)28(37)32-22(19-36)18-35(23-8-4-2-5-9-23)24-10-6-3-7-11-24/h2-17,19,22,33H,18H2,1H3,(H,32,37)(H,30,31,34)/t22-/m0/s1. The molecule has 0 saturated heterocycles. The fourth-order valence-electron chi connectivity index (χ4n) is 4.19. The number of anilines is 3. The number of benzene rings is 3. The van der Waals surface area contributed by atoms with Gasteiger partial charge in [0.05, 0.1) is 17.9 Å². The number of aldehydes is 1. The van der Waals surface area contributed by atoms with Gasteiger partial charge in [-0.3, -0.25) is 4.79 Å². The molecule has 2 aromatic heterocycles. The van der Waals surface area contributed by atoms with E-state index in [4.69, 9.17) is 0 Å². The maximum absolute atomic E-state index is 13.1. The minimum absolute atomic E-state index is 0.293. The molecule has 0 fully saturated rings. The van der Waals surface area contributed by atoms with Gasteiger partial charge in [-0.25, -0.2) is 9.97 Å². The van der Waals surface area contributed by atoms with Gasteiger partial charge < -0.3 is 25.3 Å². The lowest BCUT2D eigenvalue weighted by molar-refractivity contribution is -0.109. The first kappa shape index (κ1) is 23.7. The van der Waals surface area contributed by atoms with Crippen LogP contribution in [-0.2, 0) is 4.79 Å². The first-order valence-corrected chi connectivity index (χ1v) is 11.9. The van der Waals surface area contributed by atoms with Gasteiger partial charge in [0.25, 0.3) is 5.91 Å². The van der Waals surface area contributed by atoms with Crippen molar-refractivity contribution in [1.82, 2.24) is 20.3 Å². The molecule has 3 N–H and O–H groups in total. The van der Waals surface area contributed by atoms with Gasteiger partial charge in [0.2, 0.25) is 5.95 Å². The number of rotatable bonds is 9. The van der Waals surface area contributed by atoms with Gasteiger partial charge in [-0.05, 0) is 54.6 Å². The number of carbonyl (C=O) groups excluding carboxylic acids is 2. The van der Waals surface area contributed by atoms with E-state index in [2.05, 4.69) is 25.6 Å². The van der Waals surface area contributed by atoms with Crippen LogP contribution in [0.1, 0.15) is 10.4 Å². The van der Waals surface area contributed by atoms with E-state index in [1.165, 1.54) is 0 Å². The highest BCUT2D eigenvalue weighted by Gasteiger charge is 2.19. The molecule has 0 aliphatic rings. The highest BCUT2D eigenvalue weighted by molar-refractivity contribution is 6.00. The number of H-pyrrole nitrogens is 1. The van der Waals surface area contributed by atoms with Crippen LogP contribution >= 0.6 is 0 Å². The maximum Gasteiger partial charge on any atom is 0.251 e. The number of aromatic nitrogens is 3. The summed E-state index contributed by atoms with van der Waals surface area (Å²) in [4.78, 5) is 39.1. The summed E-state index contributed by atoms with van der Waals surface area (Å²) in [7, 11) is 1.76. The molecule has 5 aromatic rings. The van der Waals surface area contributed by atoms with Gasteiger partial charge >= 0.3 is 0 Å². The predicted octanol–water partition coefficient (Wildman–Crippen LogP) is 4.80. The number of fused-ring (bicyclic) bond motifs is 1. The Labute approximate surface area is 214 Å². The Morgan fingerprint density at radius 3 is 2.32 bits per heavy atom. The SMILES string of the molecule is CNc1nccc(-c2cc3cc(C(=O)N[C@H](C=O)CN(c4ccccc4)c4ccccc4)ccc3[nH]2)n1. The average Bonchev–Trinajstić information content (AvgIpc) is 3.40. The minimum atomic E-state index is -0.716. The van der Waals surface area contributed by atoms with E-state index in [0.717, 1.165) is 40.0 Å². The van der Waals surface area contributed by atoms with E-state index in [9.17, 15) is 9.59 Å². The molecule has 3 aromatic carbocycles. The van der Waals surface area contributed by atoms with Crippen molar-refractivity contribution in [2.24, 2.45) is 0 Å². The Kier molecular flexibility index (Phi) is 6.89. The third-order valence-corrected chi connectivity index (χ3v) is 6.03. The van der Waals surface area contributed by atoms with Crippen LogP contribution in [0.3, 0.4) is 0 Å². The normalized spacial score (nSPS) is 11.6. The molecule has 8 nitrogen and oxygen atoms in total. The second-order valence-electron chi connectivity index (χ2n) is 8.50. The van der Waals surface area contributed by atoms with Crippen molar-refractivity contribution >= 4 is 40.4 Å². The molecule has 0 bridgehead atoms. The molecule has 8 heteroatoms. The zero-order valence-electron chi connectivity index (χ0n) is 20.3. The lowest BCUT2D eigenvalue weighted by atomic mass is 10.1. The minimum Gasteiger partial charge on any atom is -0.357 e. The number of nitrogens with zero attached hydrogens (tertiary/aromatic N) is 3. The van der Waals surface area contributed by atoms with E-state index in [1.807, 2.05) is 83.8 Å². The van der Waals surface area contributed by atoms with Crippen LogP contribution in [0, 0.1) is 0 Å². The number of hydrogen-bond donors (Lipinski definition) is 3. The highest BCUT2D eigenvalue weighted by atomic mass is 16.2. The molecule has 0 aliphatic heterocycles. The summed E-state index contributed by atoms with van der Waals surface area (Å²) in [5.41, 5.74) is 4.77. The molecule has 0 radical (unpaired) electrons. The summed E-state index contributed by atoms with van der Waals surface area (Å²) in [6.45, 7) is 0.293. The molecular weight excluding hydrogens is 464 g/mol. The fourth-order valence-corrected chi connectivity index (χ4v) is 4.19. The number of para-hydroxylation sites is 2. The van der Waals surface area contributed by atoms with Crippen molar-refractivity contribution in [1.29, 1.82) is 0 Å². The summed E-state index contributed by atoms with van der Waals surface area (Å²) < 4.78 is 0. The van der Waals surface area contributed by atoms with Crippen LogP contribution in [0.25, 0.3) is 22.3 Å². The van der Waals surface area contributed by atoms with Gasteiger partial charge in [-0.1, -0.05) is 36.4 Å². The number of amides is 1. The number of aromatic amines is 1. The molecule has 37 heavy (non-hydrogen) atoms. The predicted molar refractivity (Wildman–Crippen MR) is 146 cm³/mol. The molecule has 184 valence electrons. The van der Waals surface area contributed by atoms with Crippen LogP contribution in [0.4, 0.5) is 17.3 Å². The average molecular weight is 491 g/mol. The molecule has 0 spiro atoms. The van der Waals surface area contributed by atoms with Crippen molar-refractivity contribution in [2.75, 3.05) is 23.8 Å². The highest BCUT2D eigenvalue weighted by Crippen LogP contribution is 2.26. The summed E-state index contributed by atoms with van der Waals surface area (Å²) in [6.07, 6.45) is 2.46. The molecule has 0 aliphatic carbocycles.